The van der Waals surface area contributed by atoms with Crippen LogP contribution in [0, 0.1) is 0 Å². The lowest BCUT2D eigenvalue weighted by atomic mass is 10.2. The zero-order chi connectivity index (χ0) is 15.1. The number of aromatic carboxylic acids is 1. The number of fused-ring (bicyclic) bond motifs is 2. The van der Waals surface area contributed by atoms with Gasteiger partial charge < -0.3 is 19.6 Å². The first-order valence-corrected chi connectivity index (χ1v) is 6.85. The molecule has 2 N–H and O–H groups in total. The largest absolute Gasteiger partial charge is 0.493 e. The van der Waals surface area contributed by atoms with Crippen LogP contribution in [0.15, 0.2) is 36.5 Å². The van der Waals surface area contributed by atoms with Crippen LogP contribution in [0.3, 0.4) is 0 Å². The second-order valence-corrected chi connectivity index (χ2v) is 5.03. The highest BCUT2D eigenvalue weighted by atomic mass is 16.5. The van der Waals surface area contributed by atoms with Crippen LogP contribution in [0.2, 0.25) is 0 Å². The fourth-order valence-electron chi connectivity index (χ4n) is 2.59. The van der Waals surface area contributed by atoms with Crippen LogP contribution in [0.4, 0.5) is 0 Å². The number of carbonyl (C=O) groups is 1. The molecule has 0 aliphatic carbocycles. The zero-order valence-corrected chi connectivity index (χ0v) is 11.5. The van der Waals surface area contributed by atoms with Gasteiger partial charge in [-0.2, -0.15) is 0 Å². The normalized spacial score (nSPS) is 12.9. The maximum Gasteiger partial charge on any atom is 0.337 e. The first-order valence-electron chi connectivity index (χ1n) is 6.85. The summed E-state index contributed by atoms with van der Waals surface area (Å²) in [6, 6.07) is 8.77. The van der Waals surface area contributed by atoms with Gasteiger partial charge in [-0.15, -0.1) is 0 Å². The number of carboxylic acids is 1. The smallest absolute Gasteiger partial charge is 0.337 e. The van der Waals surface area contributed by atoms with E-state index in [4.69, 9.17) is 9.47 Å². The molecule has 1 aromatic carbocycles. The maximum atomic E-state index is 11.2. The number of nitrogens with one attached hydrogen (secondary N) is 1. The molecule has 3 aromatic rings. The number of carboxylic acid groups (broad SMARTS) is 1. The van der Waals surface area contributed by atoms with E-state index in [-0.39, 0.29) is 5.56 Å². The molecule has 0 saturated heterocycles. The number of pyridine rings is 1. The van der Waals surface area contributed by atoms with Gasteiger partial charge in [-0.1, -0.05) is 0 Å². The topological polar surface area (TPSA) is 84.4 Å². The van der Waals surface area contributed by atoms with Crippen LogP contribution in [0.5, 0.6) is 17.4 Å². The highest BCUT2D eigenvalue weighted by Crippen LogP contribution is 2.32. The van der Waals surface area contributed by atoms with Gasteiger partial charge in [0.2, 0.25) is 0 Å². The Hall–Kier alpha value is -3.02. The number of hydrogen-bond donors (Lipinski definition) is 2. The molecule has 0 fully saturated rings. The average Bonchev–Trinajstić information content (AvgIpc) is 3.11. The number of aromatic amines is 1. The van der Waals surface area contributed by atoms with E-state index in [9.17, 15) is 9.90 Å². The minimum Gasteiger partial charge on any atom is -0.493 e. The third-order valence-corrected chi connectivity index (χ3v) is 3.62. The number of benzene rings is 1. The van der Waals surface area contributed by atoms with E-state index in [2.05, 4.69) is 9.97 Å². The van der Waals surface area contributed by atoms with Crippen LogP contribution in [0.25, 0.3) is 11.0 Å². The lowest BCUT2D eigenvalue weighted by Gasteiger charge is -2.04. The fourth-order valence-corrected chi connectivity index (χ4v) is 2.59. The Labute approximate surface area is 125 Å². The van der Waals surface area contributed by atoms with Crippen LogP contribution < -0.4 is 9.47 Å². The third kappa shape index (κ3) is 2.05. The molecule has 6 nitrogen and oxygen atoms in total. The molecular weight excluding hydrogens is 284 g/mol. The molecule has 0 atom stereocenters. The molecule has 1 aliphatic heterocycles. The van der Waals surface area contributed by atoms with Gasteiger partial charge in [-0.25, -0.2) is 4.79 Å². The summed E-state index contributed by atoms with van der Waals surface area (Å²) in [5.74, 6) is 1.01. The van der Waals surface area contributed by atoms with E-state index < -0.39 is 5.97 Å². The van der Waals surface area contributed by atoms with Gasteiger partial charge in [-0.3, -0.25) is 4.98 Å². The Morgan fingerprint density at radius 2 is 2.23 bits per heavy atom. The van der Waals surface area contributed by atoms with Crippen molar-refractivity contribution in [3.8, 4) is 17.4 Å². The summed E-state index contributed by atoms with van der Waals surface area (Å²) in [7, 11) is 0. The number of ether oxygens (including phenoxy) is 2. The SMILES string of the molecule is O=C(O)c1ccnc2cc(Oc3ccc4c(c3)CCO4)[nH]c12. The molecule has 4 rings (SSSR count). The van der Waals surface area contributed by atoms with Crippen LogP contribution in [-0.2, 0) is 6.42 Å². The third-order valence-electron chi connectivity index (χ3n) is 3.62. The summed E-state index contributed by atoms with van der Waals surface area (Å²) in [6.07, 6.45) is 2.33. The van der Waals surface area contributed by atoms with Gasteiger partial charge in [0.15, 0.2) is 5.88 Å². The Morgan fingerprint density at radius 3 is 3.09 bits per heavy atom. The molecule has 0 spiro atoms. The second-order valence-electron chi connectivity index (χ2n) is 5.03. The quantitative estimate of drug-likeness (QED) is 0.776. The first kappa shape index (κ1) is 12.7. The predicted molar refractivity (Wildman–Crippen MR) is 78.8 cm³/mol. The molecule has 2 aromatic heterocycles. The van der Waals surface area contributed by atoms with Gasteiger partial charge in [0.25, 0.3) is 0 Å². The monoisotopic (exact) mass is 296 g/mol. The summed E-state index contributed by atoms with van der Waals surface area (Å²) in [6.45, 7) is 0.692. The molecule has 0 bridgehead atoms. The van der Waals surface area contributed by atoms with Crippen molar-refractivity contribution in [1.29, 1.82) is 0 Å². The molecule has 110 valence electrons. The predicted octanol–water partition coefficient (Wildman–Crippen LogP) is 2.99. The number of nitrogens with zero attached hydrogens (tertiary/aromatic N) is 1. The van der Waals surface area contributed by atoms with Crippen molar-refractivity contribution in [2.75, 3.05) is 6.61 Å². The summed E-state index contributed by atoms with van der Waals surface area (Å²) in [5.41, 5.74) is 2.29. The number of hydrogen-bond acceptors (Lipinski definition) is 4. The number of H-pyrrole nitrogens is 1. The van der Waals surface area contributed by atoms with Crippen molar-refractivity contribution < 1.29 is 19.4 Å². The van der Waals surface area contributed by atoms with Crippen molar-refractivity contribution in [2.24, 2.45) is 0 Å². The standard InChI is InChI=1S/C16H12N2O4/c19-16(20)11-3-5-17-12-8-14(18-15(11)12)22-10-1-2-13-9(7-10)4-6-21-13/h1-3,5,7-8,18H,4,6H2,(H,19,20). The highest BCUT2D eigenvalue weighted by molar-refractivity contribution is 6.01. The molecular formula is C16H12N2O4. The van der Waals surface area contributed by atoms with Crippen molar-refractivity contribution in [2.45, 2.75) is 6.42 Å². The van der Waals surface area contributed by atoms with Gasteiger partial charge in [0.05, 0.1) is 23.2 Å². The maximum absolute atomic E-state index is 11.2. The number of aromatic nitrogens is 2. The summed E-state index contributed by atoms with van der Waals surface area (Å²) in [4.78, 5) is 18.3. The Balaban J connectivity index is 1.70. The lowest BCUT2D eigenvalue weighted by Crippen LogP contribution is -1.97. The number of rotatable bonds is 3. The fraction of sp³-hybridized carbons (Fsp3) is 0.125. The van der Waals surface area contributed by atoms with E-state index in [0.29, 0.717) is 29.3 Å². The average molecular weight is 296 g/mol. The summed E-state index contributed by atoms with van der Waals surface area (Å²) in [5, 5.41) is 9.19. The first-order chi connectivity index (χ1) is 10.7. The van der Waals surface area contributed by atoms with Crippen molar-refractivity contribution >= 4 is 17.0 Å². The Kier molecular flexibility index (Phi) is 2.75. The van der Waals surface area contributed by atoms with Crippen LogP contribution in [0.1, 0.15) is 15.9 Å². The zero-order valence-electron chi connectivity index (χ0n) is 11.5. The van der Waals surface area contributed by atoms with E-state index in [1.807, 2.05) is 18.2 Å². The minimum atomic E-state index is -1.00. The van der Waals surface area contributed by atoms with Crippen molar-refractivity contribution in [1.82, 2.24) is 9.97 Å². The molecule has 3 heterocycles. The van der Waals surface area contributed by atoms with Gasteiger partial charge in [-0.05, 0) is 24.3 Å². The van der Waals surface area contributed by atoms with E-state index >= 15 is 0 Å². The van der Waals surface area contributed by atoms with Crippen LogP contribution >= 0.6 is 0 Å². The van der Waals surface area contributed by atoms with E-state index in [0.717, 1.165) is 17.7 Å². The molecule has 0 unspecified atom stereocenters. The van der Waals surface area contributed by atoms with Crippen molar-refractivity contribution in [3.05, 3.63) is 47.7 Å². The molecule has 6 heteroatoms. The molecule has 1 aliphatic rings. The summed E-state index contributed by atoms with van der Waals surface area (Å²) < 4.78 is 11.2. The van der Waals surface area contributed by atoms with E-state index in [1.54, 1.807) is 6.07 Å². The van der Waals surface area contributed by atoms with Gasteiger partial charge in [0.1, 0.15) is 11.5 Å². The molecule has 22 heavy (non-hydrogen) atoms. The Bertz CT molecular complexity index is 885. The molecule has 0 saturated carbocycles. The van der Waals surface area contributed by atoms with Gasteiger partial charge >= 0.3 is 5.97 Å². The van der Waals surface area contributed by atoms with Crippen molar-refractivity contribution in [3.63, 3.8) is 0 Å². The molecule has 0 amide bonds. The highest BCUT2D eigenvalue weighted by Gasteiger charge is 2.15. The minimum absolute atomic E-state index is 0.169. The van der Waals surface area contributed by atoms with Crippen LogP contribution in [-0.4, -0.2) is 27.7 Å². The lowest BCUT2D eigenvalue weighted by molar-refractivity contribution is 0.0699. The molecule has 0 radical (unpaired) electrons. The van der Waals surface area contributed by atoms with Gasteiger partial charge in [0, 0.05) is 24.2 Å². The second kappa shape index (κ2) is 4.77. The Morgan fingerprint density at radius 1 is 1.32 bits per heavy atom. The summed E-state index contributed by atoms with van der Waals surface area (Å²) >= 11 is 0. The van der Waals surface area contributed by atoms with E-state index in [1.165, 1.54) is 12.3 Å².